The number of fused-ring (bicyclic) bond motifs is 1. The molecule has 0 saturated carbocycles. The molecule has 0 aliphatic heterocycles. The van der Waals surface area contributed by atoms with Gasteiger partial charge in [0, 0.05) is 6.54 Å². The highest BCUT2D eigenvalue weighted by Crippen LogP contribution is 2.23. The lowest BCUT2D eigenvalue weighted by atomic mass is 9.92. The number of nitrogens with one attached hydrogen (secondary N) is 1. The van der Waals surface area contributed by atoms with Crippen LogP contribution in [0.15, 0.2) is 35.2 Å². The summed E-state index contributed by atoms with van der Waals surface area (Å²) in [7, 11) is -3.40. The molecule has 0 saturated heterocycles. The molecule has 1 aromatic rings. The van der Waals surface area contributed by atoms with Gasteiger partial charge in [-0.2, -0.15) is 0 Å². The molecule has 0 atom stereocenters. The van der Waals surface area contributed by atoms with Crippen LogP contribution >= 0.6 is 0 Å². The molecule has 3 nitrogen and oxygen atoms in total. The number of rotatable bonds is 4. The van der Waals surface area contributed by atoms with Gasteiger partial charge in [-0.1, -0.05) is 18.2 Å². The molecule has 0 unspecified atom stereocenters. The van der Waals surface area contributed by atoms with Crippen LogP contribution in [0, 0.1) is 0 Å². The Morgan fingerprint density at radius 2 is 1.94 bits per heavy atom. The van der Waals surface area contributed by atoms with Crippen LogP contribution in [0.25, 0.3) is 0 Å². The second-order valence-corrected chi connectivity index (χ2v) is 6.69. The zero-order chi connectivity index (χ0) is 13.2. The quantitative estimate of drug-likeness (QED) is 0.850. The third kappa shape index (κ3) is 3.00. The molecule has 0 spiro atoms. The van der Waals surface area contributed by atoms with E-state index in [2.05, 4.69) is 11.3 Å². The normalized spacial score (nSPS) is 15.2. The van der Waals surface area contributed by atoms with E-state index in [1.165, 1.54) is 17.5 Å². The summed E-state index contributed by atoms with van der Waals surface area (Å²) in [6.07, 6.45) is 4.40. The minimum atomic E-state index is -3.40. The molecule has 0 amide bonds. The standard InChI is InChI=1S/C14H19NO2S/c1-11(2)10-15-18(16,17)14-8-7-12-5-3-4-6-13(12)9-14/h7-9,15H,1,3-6,10H2,2H3. The Kier molecular flexibility index (Phi) is 3.88. The molecule has 18 heavy (non-hydrogen) atoms. The third-order valence-corrected chi connectivity index (χ3v) is 4.59. The highest BCUT2D eigenvalue weighted by atomic mass is 32.2. The minimum Gasteiger partial charge on any atom is -0.207 e. The molecule has 0 aromatic heterocycles. The summed E-state index contributed by atoms with van der Waals surface area (Å²) >= 11 is 0. The fourth-order valence-corrected chi connectivity index (χ4v) is 3.33. The van der Waals surface area contributed by atoms with E-state index in [1.807, 2.05) is 12.1 Å². The minimum absolute atomic E-state index is 0.291. The van der Waals surface area contributed by atoms with E-state index in [4.69, 9.17) is 0 Å². The maximum atomic E-state index is 12.1. The molecular formula is C14H19NO2S. The van der Waals surface area contributed by atoms with Gasteiger partial charge < -0.3 is 0 Å². The maximum Gasteiger partial charge on any atom is 0.240 e. The van der Waals surface area contributed by atoms with Crippen LogP contribution < -0.4 is 4.72 Å². The third-order valence-electron chi connectivity index (χ3n) is 3.19. The first-order chi connectivity index (χ1) is 8.49. The number of hydrogen-bond donors (Lipinski definition) is 1. The van der Waals surface area contributed by atoms with Crippen molar-refractivity contribution < 1.29 is 8.42 Å². The van der Waals surface area contributed by atoms with Crippen molar-refractivity contribution in [2.45, 2.75) is 37.5 Å². The Hall–Kier alpha value is -1.13. The fraction of sp³-hybridized carbons (Fsp3) is 0.429. The van der Waals surface area contributed by atoms with Crippen molar-refractivity contribution in [2.75, 3.05) is 6.54 Å². The van der Waals surface area contributed by atoms with Crippen molar-refractivity contribution in [1.29, 1.82) is 0 Å². The second kappa shape index (κ2) is 5.24. The van der Waals surface area contributed by atoms with Crippen LogP contribution in [-0.4, -0.2) is 15.0 Å². The Labute approximate surface area is 109 Å². The first-order valence-corrected chi connectivity index (χ1v) is 7.73. The van der Waals surface area contributed by atoms with E-state index in [9.17, 15) is 8.42 Å². The largest absolute Gasteiger partial charge is 0.240 e. The molecule has 4 heteroatoms. The van der Waals surface area contributed by atoms with Crippen molar-refractivity contribution in [1.82, 2.24) is 4.72 Å². The molecule has 2 rings (SSSR count). The lowest BCUT2D eigenvalue weighted by Gasteiger charge is -2.16. The van der Waals surface area contributed by atoms with Crippen LogP contribution in [0.1, 0.15) is 30.9 Å². The lowest BCUT2D eigenvalue weighted by molar-refractivity contribution is 0.584. The van der Waals surface area contributed by atoms with E-state index >= 15 is 0 Å². The Bertz CT molecular complexity index is 561. The monoisotopic (exact) mass is 265 g/mol. The average molecular weight is 265 g/mol. The zero-order valence-corrected chi connectivity index (χ0v) is 11.5. The zero-order valence-electron chi connectivity index (χ0n) is 10.7. The maximum absolute atomic E-state index is 12.1. The van der Waals surface area contributed by atoms with Gasteiger partial charge in [0.1, 0.15) is 0 Å². The van der Waals surface area contributed by atoms with Crippen LogP contribution in [0.3, 0.4) is 0 Å². The first kappa shape index (κ1) is 13.3. The summed E-state index contributed by atoms with van der Waals surface area (Å²) in [6, 6.07) is 5.46. The molecular weight excluding hydrogens is 246 g/mol. The molecule has 0 fully saturated rings. The molecule has 0 heterocycles. The highest BCUT2D eigenvalue weighted by Gasteiger charge is 2.17. The highest BCUT2D eigenvalue weighted by molar-refractivity contribution is 7.89. The number of aryl methyl sites for hydroxylation is 2. The number of hydrogen-bond acceptors (Lipinski definition) is 2. The van der Waals surface area contributed by atoms with Crippen molar-refractivity contribution in [3.8, 4) is 0 Å². The van der Waals surface area contributed by atoms with Gasteiger partial charge >= 0.3 is 0 Å². The van der Waals surface area contributed by atoms with E-state index in [-0.39, 0.29) is 0 Å². The van der Waals surface area contributed by atoms with Gasteiger partial charge in [0.25, 0.3) is 0 Å². The van der Waals surface area contributed by atoms with E-state index in [1.54, 1.807) is 13.0 Å². The van der Waals surface area contributed by atoms with Gasteiger partial charge in [-0.3, -0.25) is 0 Å². The van der Waals surface area contributed by atoms with Crippen molar-refractivity contribution >= 4 is 10.0 Å². The van der Waals surface area contributed by atoms with Gasteiger partial charge in [0.2, 0.25) is 10.0 Å². The Balaban J connectivity index is 2.25. The molecule has 1 aliphatic rings. The number of benzene rings is 1. The predicted octanol–water partition coefficient (Wildman–Crippen LogP) is 2.42. The van der Waals surface area contributed by atoms with Gasteiger partial charge in [0.15, 0.2) is 0 Å². The smallest absolute Gasteiger partial charge is 0.207 e. The van der Waals surface area contributed by atoms with Crippen LogP contribution in [0.5, 0.6) is 0 Å². The van der Waals surface area contributed by atoms with Crippen LogP contribution in [0.4, 0.5) is 0 Å². The molecule has 0 radical (unpaired) electrons. The van der Waals surface area contributed by atoms with E-state index in [0.717, 1.165) is 24.8 Å². The summed E-state index contributed by atoms with van der Waals surface area (Å²) in [5, 5.41) is 0. The lowest BCUT2D eigenvalue weighted by Crippen LogP contribution is -2.25. The molecule has 1 N–H and O–H groups in total. The SMILES string of the molecule is C=C(C)CNS(=O)(=O)c1ccc2c(c1)CCCC2. The fourth-order valence-electron chi connectivity index (χ4n) is 2.18. The number of sulfonamides is 1. The average Bonchev–Trinajstić information content (AvgIpc) is 2.36. The summed E-state index contributed by atoms with van der Waals surface area (Å²) in [6.45, 7) is 5.79. The van der Waals surface area contributed by atoms with Gasteiger partial charge in [-0.15, -0.1) is 0 Å². The van der Waals surface area contributed by atoms with Gasteiger partial charge in [-0.05, 0) is 55.9 Å². The second-order valence-electron chi connectivity index (χ2n) is 4.92. The van der Waals surface area contributed by atoms with Gasteiger partial charge in [0.05, 0.1) is 4.90 Å². The van der Waals surface area contributed by atoms with E-state index < -0.39 is 10.0 Å². The van der Waals surface area contributed by atoms with Crippen LogP contribution in [0.2, 0.25) is 0 Å². The topological polar surface area (TPSA) is 46.2 Å². The van der Waals surface area contributed by atoms with Crippen molar-refractivity contribution in [3.63, 3.8) is 0 Å². The predicted molar refractivity (Wildman–Crippen MR) is 73.1 cm³/mol. The summed E-state index contributed by atoms with van der Waals surface area (Å²) in [5.74, 6) is 0. The van der Waals surface area contributed by atoms with Gasteiger partial charge in [-0.25, -0.2) is 13.1 Å². The molecule has 1 aliphatic carbocycles. The Morgan fingerprint density at radius 1 is 1.28 bits per heavy atom. The molecule has 98 valence electrons. The molecule has 0 bridgehead atoms. The first-order valence-electron chi connectivity index (χ1n) is 6.25. The van der Waals surface area contributed by atoms with Crippen LogP contribution in [-0.2, 0) is 22.9 Å². The van der Waals surface area contributed by atoms with E-state index in [0.29, 0.717) is 11.4 Å². The molecule has 1 aromatic carbocycles. The summed E-state index contributed by atoms with van der Waals surface area (Å²) in [5.41, 5.74) is 3.27. The Morgan fingerprint density at radius 3 is 2.61 bits per heavy atom. The summed E-state index contributed by atoms with van der Waals surface area (Å²) < 4.78 is 26.7. The van der Waals surface area contributed by atoms with Crippen molar-refractivity contribution in [3.05, 3.63) is 41.5 Å². The summed E-state index contributed by atoms with van der Waals surface area (Å²) in [4.78, 5) is 0.365. The van der Waals surface area contributed by atoms with Crippen molar-refractivity contribution in [2.24, 2.45) is 0 Å².